The smallest absolute Gasteiger partial charge is 0.167 e. The van der Waals surface area contributed by atoms with Crippen molar-refractivity contribution in [1.29, 1.82) is 0 Å². The summed E-state index contributed by atoms with van der Waals surface area (Å²) in [5.41, 5.74) is 1.53. The summed E-state index contributed by atoms with van der Waals surface area (Å²) in [6.07, 6.45) is 1.85. The van der Waals surface area contributed by atoms with Crippen LogP contribution in [0.3, 0.4) is 0 Å². The van der Waals surface area contributed by atoms with E-state index in [1.165, 1.54) is 13.2 Å². The molecule has 0 bridgehead atoms. The number of ether oxygens (including phenoxy) is 1. The van der Waals surface area contributed by atoms with Crippen LogP contribution in [0.25, 0.3) is 10.9 Å². The molecule has 2 aromatic rings. The average molecular weight is 254 g/mol. The molecule has 90 valence electrons. The maximum Gasteiger partial charge on any atom is 0.167 e. The first-order chi connectivity index (χ1) is 8.15. The number of rotatable bonds is 3. The predicted molar refractivity (Wildman–Crippen MR) is 67.3 cm³/mol. The van der Waals surface area contributed by atoms with Gasteiger partial charge in [0.1, 0.15) is 5.15 Å². The summed E-state index contributed by atoms with van der Waals surface area (Å²) in [6, 6.07) is 4.93. The maximum atomic E-state index is 13.5. The number of halogens is 2. The van der Waals surface area contributed by atoms with E-state index in [9.17, 15) is 4.39 Å². The molecule has 0 aliphatic heterocycles. The van der Waals surface area contributed by atoms with Crippen LogP contribution >= 0.6 is 11.6 Å². The summed E-state index contributed by atoms with van der Waals surface area (Å²) in [5, 5.41) is 1.29. The van der Waals surface area contributed by atoms with Crippen LogP contribution in [0.5, 0.6) is 5.75 Å². The molecule has 0 saturated heterocycles. The molecule has 0 fully saturated rings. The van der Waals surface area contributed by atoms with Crippen molar-refractivity contribution in [2.45, 2.75) is 19.8 Å². The van der Waals surface area contributed by atoms with E-state index in [1.807, 2.05) is 6.07 Å². The normalized spacial score (nSPS) is 10.8. The molecule has 1 aromatic carbocycles. The fourth-order valence-electron chi connectivity index (χ4n) is 1.80. The van der Waals surface area contributed by atoms with E-state index in [0.717, 1.165) is 23.8 Å². The van der Waals surface area contributed by atoms with Crippen LogP contribution < -0.4 is 4.74 Å². The zero-order valence-electron chi connectivity index (χ0n) is 9.76. The molecule has 0 amide bonds. The van der Waals surface area contributed by atoms with Crippen molar-refractivity contribution in [3.05, 3.63) is 34.7 Å². The van der Waals surface area contributed by atoms with Gasteiger partial charge in [0.2, 0.25) is 0 Å². The summed E-state index contributed by atoms with van der Waals surface area (Å²) in [7, 11) is 1.44. The zero-order valence-corrected chi connectivity index (χ0v) is 10.5. The van der Waals surface area contributed by atoms with Crippen molar-refractivity contribution >= 4 is 22.5 Å². The first kappa shape index (κ1) is 12.1. The minimum absolute atomic E-state index is 0.226. The van der Waals surface area contributed by atoms with Crippen molar-refractivity contribution in [3.8, 4) is 5.75 Å². The average Bonchev–Trinajstić information content (AvgIpc) is 2.30. The Balaban J connectivity index is 2.62. The van der Waals surface area contributed by atoms with Crippen LogP contribution in [0, 0.1) is 5.82 Å². The Morgan fingerprint density at radius 3 is 2.76 bits per heavy atom. The topological polar surface area (TPSA) is 22.1 Å². The first-order valence-corrected chi connectivity index (χ1v) is 5.86. The van der Waals surface area contributed by atoms with Gasteiger partial charge in [0.05, 0.1) is 12.6 Å². The van der Waals surface area contributed by atoms with Crippen molar-refractivity contribution in [1.82, 2.24) is 4.98 Å². The number of nitrogens with zero attached hydrogens (tertiary/aromatic N) is 1. The second kappa shape index (κ2) is 4.88. The molecule has 0 radical (unpaired) electrons. The lowest BCUT2D eigenvalue weighted by Crippen LogP contribution is -1.93. The minimum Gasteiger partial charge on any atom is -0.494 e. The van der Waals surface area contributed by atoms with Gasteiger partial charge in [-0.05, 0) is 24.1 Å². The molecular formula is C13H13ClFNO. The van der Waals surface area contributed by atoms with Gasteiger partial charge in [-0.25, -0.2) is 9.37 Å². The molecule has 4 heteroatoms. The summed E-state index contributed by atoms with van der Waals surface area (Å²) < 4.78 is 18.4. The SMILES string of the molecule is CCCc1cc2cc(OC)c(F)cc2nc1Cl. The lowest BCUT2D eigenvalue weighted by Gasteiger charge is -2.07. The molecule has 0 aliphatic rings. The second-order valence-corrected chi connectivity index (χ2v) is 4.23. The molecule has 0 aliphatic carbocycles. The third-order valence-electron chi connectivity index (χ3n) is 2.63. The largest absolute Gasteiger partial charge is 0.494 e. The van der Waals surface area contributed by atoms with Gasteiger partial charge in [0, 0.05) is 11.5 Å². The first-order valence-electron chi connectivity index (χ1n) is 5.48. The van der Waals surface area contributed by atoms with E-state index in [-0.39, 0.29) is 5.75 Å². The van der Waals surface area contributed by atoms with Gasteiger partial charge < -0.3 is 4.74 Å². The highest BCUT2D eigenvalue weighted by Gasteiger charge is 2.09. The summed E-state index contributed by atoms with van der Waals surface area (Å²) in [5.74, 6) is -0.198. The van der Waals surface area contributed by atoms with Crippen LogP contribution in [0.2, 0.25) is 5.15 Å². The number of hydrogen-bond acceptors (Lipinski definition) is 2. The van der Waals surface area contributed by atoms with Crippen molar-refractivity contribution < 1.29 is 9.13 Å². The van der Waals surface area contributed by atoms with Gasteiger partial charge in [-0.1, -0.05) is 24.9 Å². The Hall–Kier alpha value is -1.35. The molecule has 17 heavy (non-hydrogen) atoms. The zero-order chi connectivity index (χ0) is 12.4. The van der Waals surface area contributed by atoms with Gasteiger partial charge in [0.15, 0.2) is 11.6 Å². The number of fused-ring (bicyclic) bond motifs is 1. The van der Waals surface area contributed by atoms with Gasteiger partial charge in [-0.2, -0.15) is 0 Å². The molecule has 1 heterocycles. The Kier molecular flexibility index (Phi) is 3.48. The van der Waals surface area contributed by atoms with Gasteiger partial charge >= 0.3 is 0 Å². The highest BCUT2D eigenvalue weighted by molar-refractivity contribution is 6.30. The van der Waals surface area contributed by atoms with E-state index in [0.29, 0.717) is 10.7 Å². The molecule has 2 nitrogen and oxygen atoms in total. The Bertz CT molecular complexity index is 557. The Morgan fingerprint density at radius 2 is 2.12 bits per heavy atom. The predicted octanol–water partition coefficient (Wildman–Crippen LogP) is 3.99. The monoisotopic (exact) mass is 253 g/mol. The third-order valence-corrected chi connectivity index (χ3v) is 2.96. The molecule has 0 atom stereocenters. The maximum absolute atomic E-state index is 13.5. The molecule has 0 N–H and O–H groups in total. The van der Waals surface area contributed by atoms with Crippen molar-refractivity contribution in [2.24, 2.45) is 0 Å². The molecule has 2 rings (SSSR count). The van der Waals surface area contributed by atoms with E-state index in [1.54, 1.807) is 6.07 Å². The Labute approximate surface area is 104 Å². The lowest BCUT2D eigenvalue weighted by molar-refractivity contribution is 0.387. The molecule has 0 spiro atoms. The van der Waals surface area contributed by atoms with Crippen LogP contribution in [0.4, 0.5) is 4.39 Å². The van der Waals surface area contributed by atoms with Crippen LogP contribution in [0.15, 0.2) is 18.2 Å². The second-order valence-electron chi connectivity index (χ2n) is 3.87. The number of methoxy groups -OCH3 is 1. The molecule has 1 aromatic heterocycles. The number of aromatic nitrogens is 1. The van der Waals surface area contributed by atoms with Crippen LogP contribution in [0.1, 0.15) is 18.9 Å². The third kappa shape index (κ3) is 2.34. The highest BCUT2D eigenvalue weighted by Crippen LogP contribution is 2.27. The van der Waals surface area contributed by atoms with Crippen molar-refractivity contribution in [2.75, 3.05) is 7.11 Å². The van der Waals surface area contributed by atoms with Crippen molar-refractivity contribution in [3.63, 3.8) is 0 Å². The van der Waals surface area contributed by atoms with Gasteiger partial charge in [0.25, 0.3) is 0 Å². The lowest BCUT2D eigenvalue weighted by atomic mass is 10.1. The standard InChI is InChI=1S/C13H13ClFNO/c1-3-4-8-5-9-6-12(17-2)10(15)7-11(9)16-13(8)14/h5-7H,3-4H2,1-2H3. The number of hydrogen-bond donors (Lipinski definition) is 0. The molecular weight excluding hydrogens is 241 g/mol. The van der Waals surface area contributed by atoms with Crippen LogP contribution in [-0.2, 0) is 6.42 Å². The number of aryl methyl sites for hydroxylation is 1. The fourth-order valence-corrected chi connectivity index (χ4v) is 2.04. The summed E-state index contributed by atoms with van der Waals surface area (Å²) in [4.78, 5) is 4.20. The summed E-state index contributed by atoms with van der Waals surface area (Å²) in [6.45, 7) is 2.08. The van der Waals surface area contributed by atoms with Gasteiger partial charge in [-0.15, -0.1) is 0 Å². The quantitative estimate of drug-likeness (QED) is 0.772. The summed E-state index contributed by atoms with van der Waals surface area (Å²) >= 11 is 6.04. The van der Waals surface area contributed by atoms with E-state index < -0.39 is 5.82 Å². The van der Waals surface area contributed by atoms with Crippen LogP contribution in [-0.4, -0.2) is 12.1 Å². The molecule has 0 saturated carbocycles. The Morgan fingerprint density at radius 1 is 1.35 bits per heavy atom. The molecule has 0 unspecified atom stereocenters. The van der Waals surface area contributed by atoms with E-state index in [4.69, 9.17) is 16.3 Å². The minimum atomic E-state index is -0.424. The van der Waals surface area contributed by atoms with E-state index in [2.05, 4.69) is 11.9 Å². The van der Waals surface area contributed by atoms with Gasteiger partial charge in [-0.3, -0.25) is 0 Å². The highest BCUT2D eigenvalue weighted by atomic mass is 35.5. The number of pyridine rings is 1. The number of benzene rings is 1. The fraction of sp³-hybridized carbons (Fsp3) is 0.308. The van der Waals surface area contributed by atoms with E-state index >= 15 is 0 Å².